The lowest BCUT2D eigenvalue weighted by Crippen LogP contribution is -2.49. The topological polar surface area (TPSA) is 74.7 Å². The maximum absolute atomic E-state index is 12.8. The molecule has 1 aliphatic rings. The van der Waals surface area contributed by atoms with Gasteiger partial charge in [-0.3, -0.25) is 4.79 Å². The van der Waals surface area contributed by atoms with E-state index in [0.717, 1.165) is 4.47 Å². The molecule has 22 heavy (non-hydrogen) atoms. The third-order valence-electron chi connectivity index (χ3n) is 3.89. The van der Waals surface area contributed by atoms with Crippen LogP contribution in [0.1, 0.15) is 24.2 Å². The number of aliphatic hydroxyl groups excluding tert-OH is 1. The second-order valence-electron chi connectivity index (χ2n) is 5.69. The van der Waals surface area contributed by atoms with E-state index in [-0.39, 0.29) is 30.6 Å². The van der Waals surface area contributed by atoms with Crippen molar-refractivity contribution >= 4 is 21.8 Å². The maximum Gasteiger partial charge on any atom is 0.259 e. The number of aromatic nitrogens is 1. The lowest BCUT2D eigenvalue weighted by molar-refractivity contribution is 0.0403. The number of pyridine rings is 1. The zero-order valence-corrected chi connectivity index (χ0v) is 14.6. The Balaban J connectivity index is 2.45. The first-order valence-electron chi connectivity index (χ1n) is 7.36. The van der Waals surface area contributed by atoms with Gasteiger partial charge in [-0.2, -0.15) is 0 Å². The van der Waals surface area contributed by atoms with Crippen LogP contribution in [0.3, 0.4) is 0 Å². The van der Waals surface area contributed by atoms with Crippen molar-refractivity contribution in [3.63, 3.8) is 0 Å². The standard InChI is InChI=1S/C15H22BrN3O3/c1-9-7-19(10(2)8-20)15(21)12-4-11(16)5-18-14(12)22-13(9)6-17-3/h4-5,9-10,13,17,20H,6-8H2,1-3H3/t9-,10-,13-/m1/s1. The number of aliphatic hydroxyl groups is 1. The van der Waals surface area contributed by atoms with Crippen molar-refractivity contribution in [2.45, 2.75) is 26.0 Å². The Morgan fingerprint density at radius 1 is 1.64 bits per heavy atom. The minimum Gasteiger partial charge on any atom is -0.472 e. The highest BCUT2D eigenvalue weighted by molar-refractivity contribution is 9.10. The molecule has 0 saturated carbocycles. The van der Waals surface area contributed by atoms with Crippen molar-refractivity contribution in [2.75, 3.05) is 26.7 Å². The number of nitrogens with one attached hydrogen (secondary N) is 1. The third-order valence-corrected chi connectivity index (χ3v) is 4.33. The van der Waals surface area contributed by atoms with Crippen LogP contribution in [0.15, 0.2) is 16.7 Å². The Kier molecular flexibility index (Phi) is 5.77. The van der Waals surface area contributed by atoms with Gasteiger partial charge in [0.05, 0.1) is 12.6 Å². The molecule has 0 saturated heterocycles. The molecule has 0 spiro atoms. The highest BCUT2D eigenvalue weighted by Crippen LogP contribution is 2.28. The van der Waals surface area contributed by atoms with E-state index < -0.39 is 0 Å². The maximum atomic E-state index is 12.8. The molecule has 2 heterocycles. The monoisotopic (exact) mass is 371 g/mol. The van der Waals surface area contributed by atoms with Gasteiger partial charge in [0.2, 0.25) is 5.88 Å². The fourth-order valence-corrected chi connectivity index (χ4v) is 2.85. The van der Waals surface area contributed by atoms with Gasteiger partial charge in [-0.15, -0.1) is 0 Å². The first kappa shape index (κ1) is 17.2. The first-order valence-corrected chi connectivity index (χ1v) is 8.15. The van der Waals surface area contributed by atoms with Gasteiger partial charge in [0, 0.05) is 29.7 Å². The summed E-state index contributed by atoms with van der Waals surface area (Å²) in [7, 11) is 1.87. The van der Waals surface area contributed by atoms with Gasteiger partial charge >= 0.3 is 0 Å². The molecule has 1 amide bonds. The number of ether oxygens (including phenoxy) is 1. The summed E-state index contributed by atoms with van der Waals surface area (Å²) in [6.45, 7) is 4.99. The van der Waals surface area contributed by atoms with E-state index in [1.54, 1.807) is 17.2 Å². The Bertz CT molecular complexity index is 541. The molecule has 3 atom stereocenters. The zero-order valence-electron chi connectivity index (χ0n) is 13.0. The summed E-state index contributed by atoms with van der Waals surface area (Å²) in [6, 6.07) is 1.46. The SMILES string of the molecule is CNC[C@H]1Oc2ncc(Br)cc2C(=O)N([C@H](C)CO)C[C@H]1C. The molecular formula is C15H22BrN3O3. The van der Waals surface area contributed by atoms with E-state index in [1.807, 2.05) is 20.9 Å². The van der Waals surface area contributed by atoms with E-state index in [0.29, 0.717) is 24.5 Å². The Labute approximate surface area is 139 Å². The number of carbonyl (C=O) groups excluding carboxylic acids is 1. The fourth-order valence-electron chi connectivity index (χ4n) is 2.52. The minimum atomic E-state index is -0.255. The molecule has 0 bridgehead atoms. The van der Waals surface area contributed by atoms with Gasteiger partial charge < -0.3 is 20.1 Å². The molecule has 6 nitrogen and oxygen atoms in total. The summed E-state index contributed by atoms with van der Waals surface area (Å²) in [6.07, 6.45) is 1.52. The predicted molar refractivity (Wildman–Crippen MR) is 87.0 cm³/mol. The minimum absolute atomic E-state index is 0.0766. The number of amides is 1. The molecule has 0 radical (unpaired) electrons. The number of hydrogen-bond donors (Lipinski definition) is 2. The van der Waals surface area contributed by atoms with Crippen molar-refractivity contribution < 1.29 is 14.6 Å². The van der Waals surface area contributed by atoms with Crippen molar-refractivity contribution in [1.82, 2.24) is 15.2 Å². The van der Waals surface area contributed by atoms with E-state index in [2.05, 4.69) is 26.2 Å². The second-order valence-corrected chi connectivity index (χ2v) is 6.60. The van der Waals surface area contributed by atoms with Crippen molar-refractivity contribution in [3.8, 4) is 5.88 Å². The van der Waals surface area contributed by atoms with Crippen LogP contribution in [0, 0.1) is 5.92 Å². The lowest BCUT2D eigenvalue weighted by Gasteiger charge is -2.36. The molecule has 1 aromatic rings. The van der Waals surface area contributed by atoms with Crippen LogP contribution in [-0.4, -0.2) is 59.8 Å². The van der Waals surface area contributed by atoms with Gasteiger partial charge in [-0.05, 0) is 36.0 Å². The van der Waals surface area contributed by atoms with Crippen molar-refractivity contribution in [1.29, 1.82) is 0 Å². The van der Waals surface area contributed by atoms with Crippen molar-refractivity contribution in [3.05, 3.63) is 22.3 Å². The quantitative estimate of drug-likeness (QED) is 0.833. The summed E-state index contributed by atoms with van der Waals surface area (Å²) < 4.78 is 6.69. The van der Waals surface area contributed by atoms with Gasteiger partial charge in [-0.1, -0.05) is 6.92 Å². The number of hydrogen-bond acceptors (Lipinski definition) is 5. The van der Waals surface area contributed by atoms with Gasteiger partial charge in [0.25, 0.3) is 5.91 Å². The number of fused-ring (bicyclic) bond motifs is 1. The molecule has 7 heteroatoms. The average molecular weight is 372 g/mol. The lowest BCUT2D eigenvalue weighted by atomic mass is 10.0. The molecule has 0 fully saturated rings. The van der Waals surface area contributed by atoms with Crippen LogP contribution in [-0.2, 0) is 0 Å². The second kappa shape index (κ2) is 7.39. The van der Waals surface area contributed by atoms with E-state index in [4.69, 9.17) is 4.74 Å². The highest BCUT2D eigenvalue weighted by atomic mass is 79.9. The van der Waals surface area contributed by atoms with E-state index in [1.165, 1.54) is 0 Å². The van der Waals surface area contributed by atoms with Crippen LogP contribution in [0.4, 0.5) is 0 Å². The summed E-state index contributed by atoms with van der Waals surface area (Å²) in [5, 5.41) is 12.6. The molecular weight excluding hydrogens is 350 g/mol. The summed E-state index contributed by atoms with van der Waals surface area (Å²) >= 11 is 3.34. The molecule has 1 aliphatic heterocycles. The number of halogens is 1. The molecule has 0 aromatic carbocycles. The van der Waals surface area contributed by atoms with Crippen LogP contribution in [0.25, 0.3) is 0 Å². The van der Waals surface area contributed by atoms with Crippen LogP contribution < -0.4 is 10.1 Å². The molecule has 122 valence electrons. The molecule has 1 aromatic heterocycles. The highest BCUT2D eigenvalue weighted by Gasteiger charge is 2.33. The van der Waals surface area contributed by atoms with E-state index >= 15 is 0 Å². The summed E-state index contributed by atoms with van der Waals surface area (Å²) in [4.78, 5) is 18.8. The largest absolute Gasteiger partial charge is 0.472 e. The molecule has 0 aliphatic carbocycles. The number of carbonyl (C=O) groups is 1. The Morgan fingerprint density at radius 2 is 2.36 bits per heavy atom. The Hall–Kier alpha value is -1.18. The van der Waals surface area contributed by atoms with Crippen LogP contribution in [0.5, 0.6) is 5.88 Å². The number of likely N-dealkylation sites (N-methyl/N-ethyl adjacent to an activating group) is 1. The van der Waals surface area contributed by atoms with Crippen molar-refractivity contribution in [2.24, 2.45) is 5.92 Å². The summed E-state index contributed by atoms with van der Waals surface area (Å²) in [5.74, 6) is 0.291. The first-order chi connectivity index (χ1) is 10.5. The summed E-state index contributed by atoms with van der Waals surface area (Å²) in [5.41, 5.74) is 0.419. The van der Waals surface area contributed by atoms with E-state index in [9.17, 15) is 9.90 Å². The zero-order chi connectivity index (χ0) is 16.3. The van der Waals surface area contributed by atoms with Crippen LogP contribution in [0.2, 0.25) is 0 Å². The molecule has 2 rings (SSSR count). The van der Waals surface area contributed by atoms with Gasteiger partial charge in [0.15, 0.2) is 0 Å². The molecule has 0 unspecified atom stereocenters. The predicted octanol–water partition coefficient (Wildman–Crippen LogP) is 1.28. The normalized spacial score (nSPS) is 23.3. The average Bonchev–Trinajstić information content (AvgIpc) is 2.51. The van der Waals surface area contributed by atoms with Gasteiger partial charge in [0.1, 0.15) is 11.7 Å². The van der Waals surface area contributed by atoms with Gasteiger partial charge in [-0.25, -0.2) is 4.98 Å². The smallest absolute Gasteiger partial charge is 0.259 e. The Morgan fingerprint density at radius 3 is 3.00 bits per heavy atom. The van der Waals surface area contributed by atoms with Crippen LogP contribution >= 0.6 is 15.9 Å². The number of nitrogens with zero attached hydrogens (tertiary/aromatic N) is 2. The third kappa shape index (κ3) is 3.59. The molecule has 2 N–H and O–H groups in total. The number of rotatable bonds is 4. The fraction of sp³-hybridized carbons (Fsp3) is 0.600.